The standard InChI is InChI=1S/C13H20BrN3O2/c14-11-9-17(13(19)16-12(11)18)8-7-15-10-5-3-1-2-4-6-10/h9-10,15H,1-8H2,(H,16,18,19). The molecular formula is C13H20BrN3O2. The first-order valence-electron chi connectivity index (χ1n) is 6.89. The molecule has 1 heterocycles. The number of rotatable bonds is 4. The van der Waals surface area contributed by atoms with Crippen molar-refractivity contribution in [2.75, 3.05) is 6.54 Å². The fraction of sp³-hybridized carbons (Fsp3) is 0.692. The van der Waals surface area contributed by atoms with E-state index in [2.05, 4.69) is 26.2 Å². The second-order valence-corrected chi connectivity index (χ2v) is 5.93. The van der Waals surface area contributed by atoms with E-state index in [0.29, 0.717) is 17.1 Å². The molecule has 0 unspecified atom stereocenters. The molecule has 6 heteroatoms. The molecule has 0 aromatic carbocycles. The maximum atomic E-state index is 11.6. The minimum atomic E-state index is -0.377. The smallest absolute Gasteiger partial charge is 0.312 e. The summed E-state index contributed by atoms with van der Waals surface area (Å²) in [6.07, 6.45) is 9.27. The lowest BCUT2D eigenvalue weighted by Gasteiger charge is -2.16. The van der Waals surface area contributed by atoms with Crippen LogP contribution in [0.4, 0.5) is 0 Å². The molecule has 1 aliphatic carbocycles. The van der Waals surface area contributed by atoms with Crippen molar-refractivity contribution in [1.82, 2.24) is 14.9 Å². The molecule has 0 saturated heterocycles. The Labute approximate surface area is 120 Å². The van der Waals surface area contributed by atoms with Crippen LogP contribution in [-0.2, 0) is 6.54 Å². The van der Waals surface area contributed by atoms with Gasteiger partial charge in [0.15, 0.2) is 0 Å². The van der Waals surface area contributed by atoms with E-state index in [0.717, 1.165) is 6.54 Å². The first-order chi connectivity index (χ1) is 9.16. The molecule has 1 aliphatic rings. The molecule has 0 radical (unpaired) electrons. The van der Waals surface area contributed by atoms with Crippen LogP contribution in [0.1, 0.15) is 38.5 Å². The van der Waals surface area contributed by atoms with Gasteiger partial charge in [-0.15, -0.1) is 0 Å². The number of H-pyrrole nitrogens is 1. The van der Waals surface area contributed by atoms with E-state index in [9.17, 15) is 9.59 Å². The van der Waals surface area contributed by atoms with Gasteiger partial charge in [0.05, 0.1) is 4.47 Å². The Morgan fingerprint density at radius 1 is 1.26 bits per heavy atom. The highest BCUT2D eigenvalue weighted by atomic mass is 79.9. The van der Waals surface area contributed by atoms with Gasteiger partial charge in [0.1, 0.15) is 0 Å². The van der Waals surface area contributed by atoms with Crippen LogP contribution in [-0.4, -0.2) is 22.1 Å². The Morgan fingerprint density at radius 2 is 1.95 bits per heavy atom. The molecule has 19 heavy (non-hydrogen) atoms. The van der Waals surface area contributed by atoms with E-state index in [1.165, 1.54) is 43.1 Å². The van der Waals surface area contributed by atoms with Crippen molar-refractivity contribution in [3.63, 3.8) is 0 Å². The van der Waals surface area contributed by atoms with Gasteiger partial charge in [0, 0.05) is 25.3 Å². The predicted molar refractivity (Wildman–Crippen MR) is 78.5 cm³/mol. The van der Waals surface area contributed by atoms with Crippen LogP contribution >= 0.6 is 15.9 Å². The Hall–Kier alpha value is -0.880. The van der Waals surface area contributed by atoms with Gasteiger partial charge in [0.25, 0.3) is 5.56 Å². The number of aromatic nitrogens is 2. The summed E-state index contributed by atoms with van der Waals surface area (Å²) >= 11 is 3.14. The van der Waals surface area contributed by atoms with Crippen molar-refractivity contribution in [2.45, 2.75) is 51.1 Å². The quantitative estimate of drug-likeness (QED) is 0.825. The topological polar surface area (TPSA) is 66.9 Å². The number of hydrogen-bond donors (Lipinski definition) is 2. The SMILES string of the molecule is O=c1[nH]c(=O)n(CCNC2CCCCCC2)cc1Br. The zero-order chi connectivity index (χ0) is 13.7. The fourth-order valence-electron chi connectivity index (χ4n) is 2.52. The lowest BCUT2D eigenvalue weighted by molar-refractivity contribution is 0.441. The molecule has 0 aliphatic heterocycles. The van der Waals surface area contributed by atoms with E-state index in [1.54, 1.807) is 6.20 Å². The zero-order valence-corrected chi connectivity index (χ0v) is 12.5. The summed E-state index contributed by atoms with van der Waals surface area (Å²) in [7, 11) is 0. The third-order valence-corrected chi connectivity index (χ3v) is 4.17. The monoisotopic (exact) mass is 329 g/mol. The van der Waals surface area contributed by atoms with Crippen LogP contribution in [0, 0.1) is 0 Å². The maximum Gasteiger partial charge on any atom is 0.328 e. The first-order valence-corrected chi connectivity index (χ1v) is 7.69. The van der Waals surface area contributed by atoms with Crippen molar-refractivity contribution in [2.24, 2.45) is 0 Å². The van der Waals surface area contributed by atoms with Crippen LogP contribution in [0.2, 0.25) is 0 Å². The molecule has 5 nitrogen and oxygen atoms in total. The molecule has 0 bridgehead atoms. The lowest BCUT2D eigenvalue weighted by atomic mass is 10.1. The molecule has 1 aromatic rings. The second-order valence-electron chi connectivity index (χ2n) is 5.07. The minimum Gasteiger partial charge on any atom is -0.312 e. The Kier molecular flexibility index (Phi) is 5.39. The van der Waals surface area contributed by atoms with Crippen molar-refractivity contribution in [1.29, 1.82) is 0 Å². The summed E-state index contributed by atoms with van der Waals surface area (Å²) in [5, 5.41) is 3.50. The van der Waals surface area contributed by atoms with Crippen LogP contribution in [0.3, 0.4) is 0 Å². The third kappa shape index (κ3) is 4.31. The molecule has 1 saturated carbocycles. The molecule has 1 aromatic heterocycles. The van der Waals surface area contributed by atoms with Crippen molar-refractivity contribution in [3.05, 3.63) is 31.5 Å². The van der Waals surface area contributed by atoms with Crippen LogP contribution in [0.15, 0.2) is 20.3 Å². The molecule has 106 valence electrons. The minimum absolute atomic E-state index is 0.351. The average Bonchev–Trinajstić information content (AvgIpc) is 2.64. The van der Waals surface area contributed by atoms with Gasteiger partial charge in [-0.3, -0.25) is 14.3 Å². The molecule has 1 fully saturated rings. The summed E-state index contributed by atoms with van der Waals surface area (Å²) in [4.78, 5) is 25.1. The van der Waals surface area contributed by atoms with Crippen LogP contribution in [0.25, 0.3) is 0 Å². The Bertz CT molecular complexity index is 515. The molecule has 0 spiro atoms. The predicted octanol–water partition coefficient (Wildman–Crippen LogP) is 1.61. The maximum absolute atomic E-state index is 11.6. The summed E-state index contributed by atoms with van der Waals surface area (Å²) in [6, 6.07) is 0.574. The lowest BCUT2D eigenvalue weighted by Crippen LogP contribution is -2.36. The summed E-state index contributed by atoms with van der Waals surface area (Å²) in [6.45, 7) is 1.33. The third-order valence-electron chi connectivity index (χ3n) is 3.61. The fourth-order valence-corrected chi connectivity index (χ4v) is 2.87. The normalized spacial score (nSPS) is 17.3. The van der Waals surface area contributed by atoms with E-state index < -0.39 is 0 Å². The highest BCUT2D eigenvalue weighted by Crippen LogP contribution is 2.16. The summed E-state index contributed by atoms with van der Waals surface area (Å²) < 4.78 is 1.91. The van der Waals surface area contributed by atoms with Gasteiger partial charge < -0.3 is 5.32 Å². The van der Waals surface area contributed by atoms with Crippen LogP contribution in [0.5, 0.6) is 0 Å². The van der Waals surface area contributed by atoms with Crippen molar-refractivity contribution in [3.8, 4) is 0 Å². The number of nitrogens with one attached hydrogen (secondary N) is 2. The van der Waals surface area contributed by atoms with Gasteiger partial charge >= 0.3 is 5.69 Å². The highest BCUT2D eigenvalue weighted by Gasteiger charge is 2.11. The molecule has 2 rings (SSSR count). The molecule has 2 N–H and O–H groups in total. The summed E-state index contributed by atoms with van der Waals surface area (Å²) in [5.74, 6) is 0. The summed E-state index contributed by atoms with van der Waals surface area (Å²) in [5.41, 5.74) is -0.728. The number of aromatic amines is 1. The molecule has 0 atom stereocenters. The van der Waals surface area contributed by atoms with Gasteiger partial charge in [0.2, 0.25) is 0 Å². The number of nitrogens with zero attached hydrogens (tertiary/aromatic N) is 1. The van der Waals surface area contributed by atoms with E-state index in [1.807, 2.05) is 0 Å². The van der Waals surface area contributed by atoms with E-state index in [4.69, 9.17) is 0 Å². The number of halogens is 1. The Balaban J connectivity index is 1.87. The number of hydrogen-bond acceptors (Lipinski definition) is 3. The van der Waals surface area contributed by atoms with Crippen molar-refractivity contribution < 1.29 is 0 Å². The molecule has 0 amide bonds. The van der Waals surface area contributed by atoms with E-state index in [-0.39, 0.29) is 11.2 Å². The second kappa shape index (κ2) is 7.05. The van der Waals surface area contributed by atoms with Gasteiger partial charge in [-0.25, -0.2) is 4.79 Å². The van der Waals surface area contributed by atoms with E-state index >= 15 is 0 Å². The van der Waals surface area contributed by atoms with Gasteiger partial charge in [-0.2, -0.15) is 0 Å². The van der Waals surface area contributed by atoms with Crippen LogP contribution < -0.4 is 16.6 Å². The van der Waals surface area contributed by atoms with Gasteiger partial charge in [-0.1, -0.05) is 25.7 Å². The Morgan fingerprint density at radius 3 is 2.63 bits per heavy atom. The van der Waals surface area contributed by atoms with Crippen molar-refractivity contribution >= 4 is 15.9 Å². The zero-order valence-electron chi connectivity index (χ0n) is 11.0. The first kappa shape index (κ1) is 14.5. The van der Waals surface area contributed by atoms with Gasteiger partial charge in [-0.05, 0) is 28.8 Å². The largest absolute Gasteiger partial charge is 0.328 e. The average molecular weight is 330 g/mol. The molecular weight excluding hydrogens is 310 g/mol. The highest BCUT2D eigenvalue weighted by molar-refractivity contribution is 9.10.